The molecule has 0 amide bonds. The van der Waals surface area contributed by atoms with Crippen LogP contribution in [0.4, 0.5) is 0 Å². The highest BCUT2D eigenvalue weighted by atomic mass is 16.5. The van der Waals surface area contributed by atoms with Gasteiger partial charge in [0.05, 0.1) is 7.11 Å². The second-order valence-corrected chi connectivity index (χ2v) is 2.51. The molecule has 0 saturated heterocycles. The minimum absolute atomic E-state index is 0.223. The number of aliphatic carboxylic acids is 1. The van der Waals surface area contributed by atoms with Crippen LogP contribution in [0.2, 0.25) is 0 Å². The maximum atomic E-state index is 10.9. The molecular weight excluding hydrogens is 176 g/mol. The molecule has 0 aromatic rings. The summed E-state index contributed by atoms with van der Waals surface area (Å²) in [7, 11) is 1.09. The van der Waals surface area contributed by atoms with Crippen molar-refractivity contribution in [1.82, 2.24) is 0 Å². The van der Waals surface area contributed by atoms with Crippen molar-refractivity contribution in [1.29, 1.82) is 0 Å². The molecule has 0 saturated carbocycles. The van der Waals surface area contributed by atoms with Crippen molar-refractivity contribution < 1.29 is 24.2 Å². The Labute approximate surface area is 75.7 Å². The second kappa shape index (κ2) is 5.29. The number of methoxy groups -OCH3 is 1. The molecule has 0 heterocycles. The fourth-order valence-corrected chi connectivity index (χ4v) is 0.786. The van der Waals surface area contributed by atoms with Crippen LogP contribution in [0.15, 0.2) is 0 Å². The number of esters is 1. The largest absolute Gasteiger partial charge is 0.481 e. The smallest absolute Gasteiger partial charge is 0.320 e. The van der Waals surface area contributed by atoms with Crippen molar-refractivity contribution in [2.75, 3.05) is 7.11 Å². The third kappa shape index (κ3) is 3.68. The number of carboxylic acid groups (broad SMARTS) is 1. The first kappa shape index (κ1) is 11.6. The van der Waals surface area contributed by atoms with Crippen LogP contribution in [0, 0.1) is 5.92 Å². The minimum Gasteiger partial charge on any atom is -0.481 e. The van der Waals surface area contributed by atoms with Gasteiger partial charge in [0.15, 0.2) is 5.92 Å². The minimum atomic E-state index is -1.36. The lowest BCUT2D eigenvalue weighted by molar-refractivity contribution is -0.158. The van der Waals surface area contributed by atoms with E-state index in [-0.39, 0.29) is 18.6 Å². The third-order valence-electron chi connectivity index (χ3n) is 1.61. The molecule has 0 aromatic carbocycles. The summed E-state index contributed by atoms with van der Waals surface area (Å²) < 4.78 is 4.25. The van der Waals surface area contributed by atoms with Crippen LogP contribution in [0.25, 0.3) is 0 Å². The molecule has 1 atom stereocenters. The van der Waals surface area contributed by atoms with Gasteiger partial charge in [-0.3, -0.25) is 14.4 Å². The maximum absolute atomic E-state index is 10.9. The average molecular weight is 188 g/mol. The number of carbonyl (C=O) groups excluding carboxylic acids is 2. The lowest BCUT2D eigenvalue weighted by Crippen LogP contribution is -2.27. The van der Waals surface area contributed by atoms with Crippen LogP contribution in [0.5, 0.6) is 0 Å². The number of ether oxygens (including phenoxy) is 1. The highest BCUT2D eigenvalue weighted by Crippen LogP contribution is 2.07. The van der Waals surface area contributed by atoms with E-state index in [4.69, 9.17) is 5.11 Å². The fraction of sp³-hybridized carbons (Fsp3) is 0.625. The van der Waals surface area contributed by atoms with Crippen molar-refractivity contribution >= 4 is 17.7 Å². The van der Waals surface area contributed by atoms with Gasteiger partial charge >= 0.3 is 11.9 Å². The number of hydrogen-bond donors (Lipinski definition) is 1. The highest BCUT2D eigenvalue weighted by molar-refractivity contribution is 5.98. The topological polar surface area (TPSA) is 80.7 Å². The first-order chi connectivity index (χ1) is 6.02. The number of carbonyl (C=O) groups is 3. The van der Waals surface area contributed by atoms with E-state index in [9.17, 15) is 14.4 Å². The molecule has 5 heteroatoms. The fourth-order valence-electron chi connectivity index (χ4n) is 0.786. The number of Topliss-reactive ketones (excluding diaryl/α,β-unsaturated/α-hetero) is 1. The molecule has 0 rings (SSSR count). The lowest BCUT2D eigenvalue weighted by atomic mass is 10.0. The summed E-state index contributed by atoms with van der Waals surface area (Å²) in [6.07, 6.45) is -0.0702. The molecule has 1 unspecified atom stereocenters. The quantitative estimate of drug-likeness (QED) is 0.493. The Kier molecular flexibility index (Phi) is 4.72. The van der Waals surface area contributed by atoms with Gasteiger partial charge in [0.25, 0.3) is 0 Å². The maximum Gasteiger partial charge on any atom is 0.320 e. The van der Waals surface area contributed by atoms with Crippen molar-refractivity contribution in [3.63, 3.8) is 0 Å². The van der Waals surface area contributed by atoms with E-state index in [1.165, 1.54) is 0 Å². The van der Waals surface area contributed by atoms with Crippen molar-refractivity contribution in [3.05, 3.63) is 0 Å². The van der Waals surface area contributed by atoms with Crippen LogP contribution in [0.1, 0.15) is 19.8 Å². The monoisotopic (exact) mass is 188 g/mol. The van der Waals surface area contributed by atoms with E-state index in [1.807, 2.05) is 0 Å². The zero-order chi connectivity index (χ0) is 10.4. The first-order valence-corrected chi connectivity index (χ1v) is 3.85. The molecule has 1 N–H and O–H groups in total. The first-order valence-electron chi connectivity index (χ1n) is 3.85. The molecule has 0 aliphatic heterocycles. The van der Waals surface area contributed by atoms with Crippen molar-refractivity contribution in [3.8, 4) is 0 Å². The Balaban J connectivity index is 4.35. The van der Waals surface area contributed by atoms with Crippen LogP contribution < -0.4 is 0 Å². The van der Waals surface area contributed by atoms with Crippen LogP contribution in [-0.2, 0) is 19.1 Å². The van der Waals surface area contributed by atoms with E-state index < -0.39 is 17.9 Å². The van der Waals surface area contributed by atoms with Crippen LogP contribution in [0.3, 0.4) is 0 Å². The van der Waals surface area contributed by atoms with Gasteiger partial charge in [-0.15, -0.1) is 0 Å². The Bertz CT molecular complexity index is 221. The van der Waals surface area contributed by atoms with E-state index >= 15 is 0 Å². The lowest BCUT2D eigenvalue weighted by Gasteiger charge is -2.07. The summed E-state index contributed by atoms with van der Waals surface area (Å²) in [6.45, 7) is 1.61. The zero-order valence-electron chi connectivity index (χ0n) is 7.57. The summed E-state index contributed by atoms with van der Waals surface area (Å²) in [5.74, 6) is -3.84. The summed E-state index contributed by atoms with van der Waals surface area (Å²) in [5, 5.41) is 8.57. The molecule has 0 aliphatic rings. The van der Waals surface area contributed by atoms with Gasteiger partial charge in [-0.25, -0.2) is 0 Å². The van der Waals surface area contributed by atoms with Crippen LogP contribution in [-0.4, -0.2) is 29.9 Å². The van der Waals surface area contributed by atoms with E-state index in [0.717, 1.165) is 7.11 Å². The summed E-state index contributed by atoms with van der Waals surface area (Å²) in [6, 6.07) is 0. The van der Waals surface area contributed by atoms with Gasteiger partial charge < -0.3 is 9.84 Å². The van der Waals surface area contributed by atoms with Gasteiger partial charge in [0.2, 0.25) is 0 Å². The Morgan fingerprint density at radius 1 is 1.38 bits per heavy atom. The number of carboxylic acids is 1. The molecule has 0 fully saturated rings. The van der Waals surface area contributed by atoms with Crippen LogP contribution >= 0.6 is 0 Å². The molecule has 0 bridgehead atoms. The average Bonchev–Trinajstić information content (AvgIpc) is 2.11. The third-order valence-corrected chi connectivity index (χ3v) is 1.61. The Hall–Kier alpha value is -1.39. The molecule has 5 nitrogen and oxygen atoms in total. The number of ketones is 1. The predicted molar refractivity (Wildman–Crippen MR) is 43.1 cm³/mol. The summed E-state index contributed by atoms with van der Waals surface area (Å²) >= 11 is 0. The summed E-state index contributed by atoms with van der Waals surface area (Å²) in [5.41, 5.74) is 0. The standard InChI is InChI=1S/C8H12O5/c1-3-5(9)4-6(7(10)11)8(12)13-2/h6H,3-4H2,1-2H3,(H,10,11). The summed E-state index contributed by atoms with van der Waals surface area (Å²) in [4.78, 5) is 32.2. The van der Waals surface area contributed by atoms with Gasteiger partial charge in [0, 0.05) is 12.8 Å². The molecule has 0 aromatic heterocycles. The molecule has 0 spiro atoms. The predicted octanol–water partition coefficient (Wildman–Crippen LogP) is 0.229. The molecule has 74 valence electrons. The van der Waals surface area contributed by atoms with E-state index in [1.54, 1.807) is 6.92 Å². The van der Waals surface area contributed by atoms with Gasteiger partial charge in [-0.1, -0.05) is 6.92 Å². The zero-order valence-corrected chi connectivity index (χ0v) is 7.57. The highest BCUT2D eigenvalue weighted by Gasteiger charge is 2.28. The van der Waals surface area contributed by atoms with Crippen molar-refractivity contribution in [2.45, 2.75) is 19.8 Å². The normalized spacial score (nSPS) is 11.8. The Morgan fingerprint density at radius 2 is 1.92 bits per heavy atom. The molecular formula is C8H12O5. The molecule has 13 heavy (non-hydrogen) atoms. The van der Waals surface area contributed by atoms with E-state index in [0.29, 0.717) is 0 Å². The van der Waals surface area contributed by atoms with Crippen molar-refractivity contribution in [2.24, 2.45) is 5.92 Å². The number of rotatable bonds is 5. The van der Waals surface area contributed by atoms with Gasteiger partial charge in [-0.2, -0.15) is 0 Å². The van der Waals surface area contributed by atoms with Gasteiger partial charge in [-0.05, 0) is 0 Å². The second-order valence-electron chi connectivity index (χ2n) is 2.51. The van der Waals surface area contributed by atoms with Gasteiger partial charge in [0.1, 0.15) is 5.78 Å². The number of hydrogen-bond acceptors (Lipinski definition) is 4. The molecule has 0 radical (unpaired) electrons. The van der Waals surface area contributed by atoms with E-state index in [2.05, 4.69) is 4.74 Å². The molecule has 0 aliphatic carbocycles. The Morgan fingerprint density at radius 3 is 2.23 bits per heavy atom. The SMILES string of the molecule is CCC(=O)CC(C(=O)O)C(=O)OC.